The molecule has 1 aliphatic heterocycles. The Bertz CT molecular complexity index is 1330. The number of methoxy groups -OCH3 is 2. The van der Waals surface area contributed by atoms with E-state index in [1.54, 1.807) is 32.4 Å². The monoisotopic (exact) mass is 473 g/mol. The van der Waals surface area contributed by atoms with E-state index < -0.39 is 0 Å². The van der Waals surface area contributed by atoms with Gasteiger partial charge in [-0.25, -0.2) is 4.79 Å². The van der Waals surface area contributed by atoms with Gasteiger partial charge in [0, 0.05) is 16.9 Å². The van der Waals surface area contributed by atoms with Gasteiger partial charge in [-0.2, -0.15) is 0 Å². The lowest BCUT2D eigenvalue weighted by Gasteiger charge is -2.31. The van der Waals surface area contributed by atoms with E-state index in [1.165, 1.54) is 0 Å². The van der Waals surface area contributed by atoms with E-state index in [-0.39, 0.29) is 12.1 Å². The highest BCUT2D eigenvalue weighted by atomic mass is 35.5. The van der Waals surface area contributed by atoms with Gasteiger partial charge >= 0.3 is 6.03 Å². The number of nitrogens with one attached hydrogen (secondary N) is 1. The maximum atomic E-state index is 13.8. The number of rotatable bonds is 4. The number of carbonyl (C=O) groups is 1. The maximum Gasteiger partial charge on any atom is 0.323 e. The number of benzene rings is 3. The zero-order valence-corrected chi connectivity index (χ0v) is 19.6. The van der Waals surface area contributed by atoms with Crippen LogP contribution in [0.2, 0.25) is 5.02 Å². The van der Waals surface area contributed by atoms with Crippen molar-refractivity contribution in [1.82, 2.24) is 9.47 Å². The van der Waals surface area contributed by atoms with Gasteiger partial charge in [0.2, 0.25) is 0 Å². The number of fused-ring (bicyclic) bond motifs is 3. The lowest BCUT2D eigenvalue weighted by atomic mass is 10.0. The fourth-order valence-corrected chi connectivity index (χ4v) is 4.61. The van der Waals surface area contributed by atoms with Crippen molar-refractivity contribution in [2.45, 2.75) is 12.6 Å². The smallest absolute Gasteiger partial charge is 0.323 e. The predicted molar refractivity (Wildman–Crippen MR) is 133 cm³/mol. The molecule has 1 aromatic heterocycles. The molecular weight excluding hydrogens is 450 g/mol. The molecule has 0 saturated carbocycles. The molecule has 6 nitrogen and oxygen atoms in total. The van der Waals surface area contributed by atoms with E-state index in [4.69, 9.17) is 21.1 Å². The van der Waals surface area contributed by atoms with Crippen molar-refractivity contribution >= 4 is 23.3 Å². The number of nitrogens with zero attached hydrogens (tertiary/aromatic N) is 2. The van der Waals surface area contributed by atoms with Crippen LogP contribution in [-0.2, 0) is 6.54 Å². The van der Waals surface area contributed by atoms with Crippen LogP contribution in [0.3, 0.4) is 0 Å². The highest BCUT2D eigenvalue weighted by molar-refractivity contribution is 6.31. The lowest BCUT2D eigenvalue weighted by molar-refractivity contribution is 0.194. The van der Waals surface area contributed by atoms with Crippen molar-refractivity contribution < 1.29 is 14.3 Å². The molecule has 3 aromatic carbocycles. The van der Waals surface area contributed by atoms with Crippen molar-refractivity contribution in [3.8, 4) is 17.2 Å². The minimum Gasteiger partial charge on any atom is -0.497 e. The van der Waals surface area contributed by atoms with Crippen LogP contribution < -0.4 is 14.8 Å². The predicted octanol–water partition coefficient (Wildman–Crippen LogP) is 6.29. The number of carbonyl (C=O) groups excluding carboxylic acids is 1. The van der Waals surface area contributed by atoms with E-state index in [9.17, 15) is 4.79 Å². The molecule has 5 rings (SSSR count). The summed E-state index contributed by atoms with van der Waals surface area (Å²) in [7, 11) is 3.20. The van der Waals surface area contributed by atoms with Crippen LogP contribution in [0, 0.1) is 0 Å². The second kappa shape index (κ2) is 9.15. The summed E-state index contributed by atoms with van der Waals surface area (Å²) in [5.41, 5.74) is 4.58. The molecule has 0 aliphatic carbocycles. The number of halogens is 1. The molecule has 7 heteroatoms. The van der Waals surface area contributed by atoms with Crippen molar-refractivity contribution in [3.05, 3.63) is 107 Å². The Hall–Kier alpha value is -3.90. The average Bonchev–Trinajstić information content (AvgIpc) is 3.28. The summed E-state index contributed by atoms with van der Waals surface area (Å²) >= 11 is 6.21. The molecule has 4 aromatic rings. The summed E-state index contributed by atoms with van der Waals surface area (Å²) < 4.78 is 12.9. The number of urea groups is 1. The number of amides is 2. The van der Waals surface area contributed by atoms with Crippen molar-refractivity contribution in [2.75, 3.05) is 19.5 Å². The van der Waals surface area contributed by atoms with Gasteiger partial charge in [0.25, 0.3) is 0 Å². The van der Waals surface area contributed by atoms with Crippen LogP contribution in [0.25, 0.3) is 5.69 Å². The minimum atomic E-state index is -0.335. The number of anilines is 1. The Morgan fingerprint density at radius 2 is 1.76 bits per heavy atom. The van der Waals surface area contributed by atoms with E-state index in [1.807, 2.05) is 53.6 Å². The highest BCUT2D eigenvalue weighted by Gasteiger charge is 2.33. The zero-order valence-electron chi connectivity index (χ0n) is 18.9. The third-order valence-corrected chi connectivity index (χ3v) is 6.29. The maximum absolute atomic E-state index is 13.8. The largest absolute Gasteiger partial charge is 0.497 e. The fourth-order valence-electron chi connectivity index (χ4n) is 4.44. The summed E-state index contributed by atoms with van der Waals surface area (Å²) in [6.45, 7) is 0.420. The molecule has 0 spiro atoms. The van der Waals surface area contributed by atoms with Gasteiger partial charge in [0.1, 0.15) is 11.5 Å². The molecule has 1 aliphatic rings. The topological polar surface area (TPSA) is 55.7 Å². The van der Waals surface area contributed by atoms with Gasteiger partial charge in [-0.1, -0.05) is 41.9 Å². The Balaban J connectivity index is 1.62. The normalized spacial score (nSPS) is 14.6. The third kappa shape index (κ3) is 3.97. The molecule has 2 amide bonds. The summed E-state index contributed by atoms with van der Waals surface area (Å²) in [6.07, 6.45) is 2.03. The summed E-state index contributed by atoms with van der Waals surface area (Å²) in [5.74, 6) is 1.30. The molecule has 1 unspecified atom stereocenters. The number of hydrogen-bond acceptors (Lipinski definition) is 3. The van der Waals surface area contributed by atoms with Gasteiger partial charge in [-0.3, -0.25) is 0 Å². The van der Waals surface area contributed by atoms with Gasteiger partial charge in [0.15, 0.2) is 0 Å². The highest BCUT2D eigenvalue weighted by Crippen LogP contribution is 2.38. The van der Waals surface area contributed by atoms with Gasteiger partial charge in [0.05, 0.1) is 38.2 Å². The Kier molecular flexibility index (Phi) is 5.90. The van der Waals surface area contributed by atoms with Crippen LogP contribution in [0.4, 0.5) is 10.5 Å². The molecule has 0 saturated heterocycles. The van der Waals surface area contributed by atoms with Crippen molar-refractivity contribution in [2.24, 2.45) is 0 Å². The van der Waals surface area contributed by atoms with E-state index in [0.717, 1.165) is 28.3 Å². The van der Waals surface area contributed by atoms with Crippen molar-refractivity contribution in [1.29, 1.82) is 0 Å². The standard InChI is InChI=1S/C27H24ClN3O3/c1-33-21-12-9-18(10-13-21)26-24-8-5-15-30(24)23-7-4-3-6-19(23)17-31(26)27(32)29-22-16-20(28)11-14-25(22)34-2/h3-16,26H,17H2,1-2H3,(H,29,32). The van der Waals surface area contributed by atoms with Crippen LogP contribution in [0.1, 0.15) is 22.9 Å². The average molecular weight is 474 g/mol. The first-order valence-electron chi connectivity index (χ1n) is 10.9. The number of para-hydroxylation sites is 1. The van der Waals surface area contributed by atoms with Gasteiger partial charge in [-0.05, 0) is 59.7 Å². The molecule has 2 heterocycles. The lowest BCUT2D eigenvalue weighted by Crippen LogP contribution is -2.38. The van der Waals surface area contributed by atoms with E-state index >= 15 is 0 Å². The number of ether oxygens (including phenoxy) is 2. The molecule has 0 bridgehead atoms. The van der Waals surface area contributed by atoms with E-state index in [0.29, 0.717) is 23.0 Å². The minimum absolute atomic E-state index is 0.258. The second-order valence-corrected chi connectivity index (χ2v) is 8.45. The van der Waals surface area contributed by atoms with Crippen LogP contribution in [-0.4, -0.2) is 29.7 Å². The zero-order chi connectivity index (χ0) is 23.7. The molecule has 1 atom stereocenters. The van der Waals surface area contributed by atoms with Crippen LogP contribution in [0.15, 0.2) is 85.1 Å². The summed E-state index contributed by atoms with van der Waals surface area (Å²) in [5, 5.41) is 3.53. The molecule has 0 fully saturated rings. The number of hydrogen-bond donors (Lipinski definition) is 1. The summed E-state index contributed by atoms with van der Waals surface area (Å²) in [6, 6.07) is 24.6. The summed E-state index contributed by atoms with van der Waals surface area (Å²) in [4.78, 5) is 15.7. The van der Waals surface area contributed by atoms with E-state index in [2.05, 4.69) is 28.1 Å². The molecule has 172 valence electrons. The first-order valence-corrected chi connectivity index (χ1v) is 11.3. The van der Waals surface area contributed by atoms with Crippen LogP contribution >= 0.6 is 11.6 Å². The molecular formula is C27H24ClN3O3. The second-order valence-electron chi connectivity index (χ2n) is 8.01. The van der Waals surface area contributed by atoms with Gasteiger partial charge < -0.3 is 24.3 Å². The Morgan fingerprint density at radius 1 is 0.971 bits per heavy atom. The van der Waals surface area contributed by atoms with Gasteiger partial charge in [-0.15, -0.1) is 0 Å². The first kappa shape index (κ1) is 21.9. The first-order chi connectivity index (χ1) is 16.6. The quantitative estimate of drug-likeness (QED) is 0.379. The van der Waals surface area contributed by atoms with Crippen LogP contribution in [0.5, 0.6) is 11.5 Å². The molecule has 0 radical (unpaired) electrons. The third-order valence-electron chi connectivity index (χ3n) is 6.06. The molecule has 34 heavy (non-hydrogen) atoms. The van der Waals surface area contributed by atoms with Crippen molar-refractivity contribution in [3.63, 3.8) is 0 Å². The SMILES string of the molecule is COc1ccc(C2c3cccn3-c3ccccc3CN2C(=O)Nc2cc(Cl)ccc2OC)cc1. The fraction of sp³-hybridized carbons (Fsp3) is 0.148. The molecule has 1 N–H and O–H groups in total. The Labute approximate surface area is 203 Å². The number of aromatic nitrogens is 1. The Morgan fingerprint density at radius 3 is 2.53 bits per heavy atom.